The predicted molar refractivity (Wildman–Crippen MR) is 70.4 cm³/mol. The molecule has 0 spiro atoms. The fraction of sp³-hybridized carbons (Fsp3) is 0.500. The van der Waals surface area contributed by atoms with Gasteiger partial charge in [-0.05, 0) is 25.5 Å². The van der Waals surface area contributed by atoms with Crippen molar-refractivity contribution in [3.8, 4) is 0 Å². The van der Waals surface area contributed by atoms with Crippen LogP contribution >= 0.6 is 0 Å². The van der Waals surface area contributed by atoms with E-state index in [9.17, 15) is 9.18 Å². The van der Waals surface area contributed by atoms with Crippen molar-refractivity contribution in [1.82, 2.24) is 5.32 Å². The van der Waals surface area contributed by atoms with Crippen LogP contribution in [0.1, 0.15) is 38.3 Å². The van der Waals surface area contributed by atoms with Crippen LogP contribution in [0, 0.1) is 11.7 Å². The van der Waals surface area contributed by atoms with Gasteiger partial charge in [-0.25, -0.2) is 4.39 Å². The van der Waals surface area contributed by atoms with E-state index >= 15 is 0 Å². The number of amides is 1. The van der Waals surface area contributed by atoms with Gasteiger partial charge in [0.1, 0.15) is 5.82 Å². The lowest BCUT2D eigenvalue weighted by atomic mass is 10.0. The third-order valence-corrected chi connectivity index (χ3v) is 3.13. The summed E-state index contributed by atoms with van der Waals surface area (Å²) in [6, 6.07) is 6.15. The molecule has 100 valence electrons. The summed E-state index contributed by atoms with van der Waals surface area (Å²) >= 11 is 0. The van der Waals surface area contributed by atoms with Gasteiger partial charge in [-0.3, -0.25) is 4.79 Å². The molecular weight excluding hydrogens is 231 g/mol. The molecule has 0 aliphatic heterocycles. The number of nitrogens with two attached hydrogens (primary N) is 1. The van der Waals surface area contributed by atoms with Crippen molar-refractivity contribution >= 4 is 5.91 Å². The Morgan fingerprint density at radius 3 is 2.67 bits per heavy atom. The van der Waals surface area contributed by atoms with Gasteiger partial charge in [0, 0.05) is 12.0 Å². The van der Waals surface area contributed by atoms with Crippen LogP contribution < -0.4 is 11.1 Å². The highest BCUT2D eigenvalue weighted by molar-refractivity contribution is 5.76. The average Bonchev–Trinajstić information content (AvgIpc) is 2.36. The number of carbonyl (C=O) groups is 1. The van der Waals surface area contributed by atoms with Crippen LogP contribution in [-0.2, 0) is 4.79 Å². The number of nitrogens with one attached hydrogen (secondary N) is 1. The zero-order valence-corrected chi connectivity index (χ0v) is 10.9. The van der Waals surface area contributed by atoms with Crippen LogP contribution in [0.4, 0.5) is 4.39 Å². The summed E-state index contributed by atoms with van der Waals surface area (Å²) < 4.78 is 13.5. The second-order valence-electron chi connectivity index (χ2n) is 4.52. The minimum Gasteiger partial charge on any atom is -0.349 e. The monoisotopic (exact) mass is 252 g/mol. The van der Waals surface area contributed by atoms with Gasteiger partial charge in [-0.2, -0.15) is 0 Å². The molecule has 2 atom stereocenters. The Morgan fingerprint density at radius 1 is 1.44 bits per heavy atom. The van der Waals surface area contributed by atoms with Crippen LogP contribution in [-0.4, -0.2) is 12.5 Å². The molecule has 0 saturated carbocycles. The molecule has 1 unspecified atom stereocenters. The van der Waals surface area contributed by atoms with E-state index in [0.29, 0.717) is 18.5 Å². The first-order valence-electron chi connectivity index (χ1n) is 6.32. The molecule has 4 heteroatoms. The van der Waals surface area contributed by atoms with E-state index < -0.39 is 0 Å². The molecule has 0 fully saturated rings. The fourth-order valence-electron chi connectivity index (χ4n) is 1.86. The predicted octanol–water partition coefficient (Wildman–Crippen LogP) is 2.38. The van der Waals surface area contributed by atoms with Crippen LogP contribution in [0.25, 0.3) is 0 Å². The van der Waals surface area contributed by atoms with Crippen molar-refractivity contribution in [2.45, 2.75) is 32.7 Å². The Labute approximate surface area is 108 Å². The standard InChI is InChI=1S/C14H21FN2O/c1-3-11(9-16)8-14(18)17-10(2)12-6-4-5-7-13(12)15/h4-7,10-11H,3,8-9,16H2,1-2H3,(H,17,18)/t10-,11?/m1/s1. The average molecular weight is 252 g/mol. The lowest BCUT2D eigenvalue weighted by Gasteiger charge is -2.17. The van der Waals surface area contributed by atoms with Gasteiger partial charge in [0.15, 0.2) is 0 Å². The third kappa shape index (κ3) is 4.11. The van der Waals surface area contributed by atoms with Gasteiger partial charge in [-0.1, -0.05) is 31.5 Å². The maximum atomic E-state index is 13.5. The second-order valence-corrected chi connectivity index (χ2v) is 4.52. The van der Waals surface area contributed by atoms with E-state index in [2.05, 4.69) is 5.32 Å². The van der Waals surface area contributed by atoms with Crippen molar-refractivity contribution in [1.29, 1.82) is 0 Å². The van der Waals surface area contributed by atoms with Crippen molar-refractivity contribution in [3.05, 3.63) is 35.6 Å². The quantitative estimate of drug-likeness (QED) is 0.816. The van der Waals surface area contributed by atoms with E-state index in [4.69, 9.17) is 5.73 Å². The molecule has 0 aromatic heterocycles. The second kappa shape index (κ2) is 7.11. The molecule has 3 N–H and O–H groups in total. The number of rotatable bonds is 6. The summed E-state index contributed by atoms with van der Waals surface area (Å²) in [5.74, 6) is -0.183. The maximum Gasteiger partial charge on any atom is 0.220 e. The molecule has 0 saturated heterocycles. The number of hydrogen-bond acceptors (Lipinski definition) is 2. The molecule has 1 rings (SSSR count). The Balaban J connectivity index is 2.57. The van der Waals surface area contributed by atoms with E-state index in [1.807, 2.05) is 6.92 Å². The van der Waals surface area contributed by atoms with Gasteiger partial charge in [0.05, 0.1) is 6.04 Å². The highest BCUT2D eigenvalue weighted by atomic mass is 19.1. The summed E-state index contributed by atoms with van der Waals surface area (Å²) in [7, 11) is 0. The van der Waals surface area contributed by atoms with E-state index in [1.165, 1.54) is 6.07 Å². The molecule has 3 nitrogen and oxygen atoms in total. The molecule has 0 heterocycles. The minimum atomic E-state index is -0.325. The lowest BCUT2D eigenvalue weighted by molar-refractivity contribution is -0.122. The third-order valence-electron chi connectivity index (χ3n) is 3.13. The summed E-state index contributed by atoms with van der Waals surface area (Å²) in [4.78, 5) is 11.8. The molecule has 0 aliphatic carbocycles. The highest BCUT2D eigenvalue weighted by Crippen LogP contribution is 2.16. The lowest BCUT2D eigenvalue weighted by Crippen LogP contribution is -2.30. The zero-order valence-electron chi connectivity index (χ0n) is 10.9. The Morgan fingerprint density at radius 2 is 2.11 bits per heavy atom. The van der Waals surface area contributed by atoms with Crippen LogP contribution in [0.15, 0.2) is 24.3 Å². The maximum absolute atomic E-state index is 13.5. The first-order chi connectivity index (χ1) is 8.58. The Kier molecular flexibility index (Phi) is 5.78. The SMILES string of the molecule is CCC(CN)CC(=O)N[C@H](C)c1ccccc1F. The van der Waals surface area contributed by atoms with Crippen LogP contribution in [0.3, 0.4) is 0 Å². The number of halogens is 1. The largest absolute Gasteiger partial charge is 0.349 e. The van der Waals surface area contributed by atoms with Crippen LogP contribution in [0.5, 0.6) is 0 Å². The van der Waals surface area contributed by atoms with Crippen molar-refractivity contribution in [2.75, 3.05) is 6.54 Å². The zero-order chi connectivity index (χ0) is 13.5. The summed E-state index contributed by atoms with van der Waals surface area (Å²) in [6.45, 7) is 4.28. The topological polar surface area (TPSA) is 55.1 Å². The fourth-order valence-corrected chi connectivity index (χ4v) is 1.86. The van der Waals surface area contributed by atoms with E-state index in [0.717, 1.165) is 6.42 Å². The molecule has 1 aromatic carbocycles. The van der Waals surface area contributed by atoms with Gasteiger partial charge >= 0.3 is 0 Å². The van der Waals surface area contributed by atoms with Crippen LogP contribution in [0.2, 0.25) is 0 Å². The molecule has 18 heavy (non-hydrogen) atoms. The first kappa shape index (κ1) is 14.6. The van der Waals surface area contributed by atoms with Gasteiger partial charge < -0.3 is 11.1 Å². The summed E-state index contributed by atoms with van der Waals surface area (Å²) in [6.07, 6.45) is 1.27. The number of benzene rings is 1. The van der Waals surface area contributed by atoms with E-state index in [1.54, 1.807) is 25.1 Å². The highest BCUT2D eigenvalue weighted by Gasteiger charge is 2.15. The van der Waals surface area contributed by atoms with Crippen molar-refractivity contribution in [2.24, 2.45) is 11.7 Å². The molecule has 1 aromatic rings. The van der Waals surface area contributed by atoms with Crippen molar-refractivity contribution in [3.63, 3.8) is 0 Å². The molecule has 0 aliphatic rings. The normalized spacial score (nSPS) is 14.0. The number of carbonyl (C=O) groups excluding carboxylic acids is 1. The van der Waals surface area contributed by atoms with Gasteiger partial charge in [-0.15, -0.1) is 0 Å². The van der Waals surface area contributed by atoms with E-state index in [-0.39, 0.29) is 23.7 Å². The first-order valence-corrected chi connectivity index (χ1v) is 6.32. The summed E-state index contributed by atoms with van der Waals surface area (Å²) in [5, 5.41) is 2.80. The number of hydrogen-bond donors (Lipinski definition) is 2. The smallest absolute Gasteiger partial charge is 0.220 e. The van der Waals surface area contributed by atoms with Gasteiger partial charge in [0.2, 0.25) is 5.91 Å². The molecule has 0 bridgehead atoms. The van der Waals surface area contributed by atoms with Gasteiger partial charge in [0.25, 0.3) is 0 Å². The molecule has 1 amide bonds. The molecule has 0 radical (unpaired) electrons. The Bertz CT molecular complexity index is 391. The minimum absolute atomic E-state index is 0.0805. The van der Waals surface area contributed by atoms with Crippen molar-refractivity contribution < 1.29 is 9.18 Å². The Hall–Kier alpha value is -1.42. The molecular formula is C14H21FN2O. The summed E-state index contributed by atoms with van der Waals surface area (Å²) in [5.41, 5.74) is 6.06.